The molecule has 0 aliphatic carbocycles. The molecule has 11 heteroatoms. The van der Waals surface area contributed by atoms with Crippen molar-refractivity contribution in [3.8, 4) is 0 Å². The Bertz CT molecular complexity index is 1100. The number of rotatable bonds is 4. The monoisotopic (exact) mass is 512 g/mol. The summed E-state index contributed by atoms with van der Waals surface area (Å²) in [5, 5.41) is 2.92. The molecule has 2 saturated heterocycles. The van der Waals surface area contributed by atoms with Crippen LogP contribution in [0.15, 0.2) is 34.1 Å². The molecule has 8 nitrogen and oxygen atoms in total. The van der Waals surface area contributed by atoms with E-state index in [9.17, 15) is 18.0 Å². The van der Waals surface area contributed by atoms with Crippen LogP contribution >= 0.6 is 27.3 Å². The molecule has 2 aliphatic rings. The van der Waals surface area contributed by atoms with Gasteiger partial charge in [0.05, 0.1) is 20.4 Å². The molecule has 2 aromatic rings. The number of nitrogens with zero attached hydrogens (tertiary/aromatic N) is 2. The van der Waals surface area contributed by atoms with Crippen LogP contribution in [-0.2, 0) is 15.0 Å². The third kappa shape index (κ3) is 4.25. The lowest BCUT2D eigenvalue weighted by Crippen LogP contribution is -2.47. The van der Waals surface area contributed by atoms with Gasteiger partial charge in [-0.1, -0.05) is 0 Å². The van der Waals surface area contributed by atoms with Crippen molar-refractivity contribution in [3.05, 3.63) is 44.6 Å². The van der Waals surface area contributed by atoms with Gasteiger partial charge in [0, 0.05) is 31.7 Å². The molecule has 1 aromatic heterocycles. The summed E-state index contributed by atoms with van der Waals surface area (Å²) in [6, 6.07) is 8.58. The molecule has 0 spiro atoms. The zero-order valence-electron chi connectivity index (χ0n) is 16.2. The highest BCUT2D eigenvalue weighted by atomic mass is 79.9. The van der Waals surface area contributed by atoms with Crippen LogP contribution in [-0.4, -0.2) is 45.9 Å². The SMILES string of the molecule is Cc1cc(N2CC(NC(=O)c3ccc(Br)s3)CC2=O)ccc1N1CCCNS1(=O)=O. The average Bonchev–Trinajstić information content (AvgIpc) is 3.27. The number of aryl methyl sites for hydroxylation is 1. The minimum absolute atomic E-state index is 0.0768. The van der Waals surface area contributed by atoms with Gasteiger partial charge in [0.15, 0.2) is 0 Å². The molecule has 1 aromatic carbocycles. The Morgan fingerprint density at radius 1 is 1.30 bits per heavy atom. The van der Waals surface area contributed by atoms with Crippen LogP contribution in [0.25, 0.3) is 0 Å². The van der Waals surface area contributed by atoms with E-state index in [1.54, 1.807) is 23.1 Å². The van der Waals surface area contributed by atoms with E-state index >= 15 is 0 Å². The van der Waals surface area contributed by atoms with Gasteiger partial charge in [0.2, 0.25) is 5.91 Å². The molecular weight excluding hydrogens is 492 g/mol. The third-order valence-corrected chi connectivity index (χ3v) is 8.28. The molecule has 2 aliphatic heterocycles. The molecule has 3 heterocycles. The lowest BCUT2D eigenvalue weighted by atomic mass is 10.1. The first-order valence-electron chi connectivity index (χ1n) is 9.49. The van der Waals surface area contributed by atoms with Crippen LogP contribution in [0.2, 0.25) is 0 Å². The van der Waals surface area contributed by atoms with Crippen LogP contribution in [0.3, 0.4) is 0 Å². The fourth-order valence-electron chi connectivity index (χ4n) is 3.71. The molecule has 1 atom stereocenters. The summed E-state index contributed by atoms with van der Waals surface area (Å²) < 4.78 is 29.4. The van der Waals surface area contributed by atoms with Gasteiger partial charge >= 0.3 is 10.2 Å². The van der Waals surface area contributed by atoms with Crippen molar-refractivity contribution in [2.45, 2.75) is 25.8 Å². The first-order valence-corrected chi connectivity index (χ1v) is 12.5. The van der Waals surface area contributed by atoms with E-state index in [0.29, 0.717) is 35.9 Å². The lowest BCUT2D eigenvalue weighted by molar-refractivity contribution is -0.117. The molecule has 0 radical (unpaired) electrons. The van der Waals surface area contributed by atoms with Crippen LogP contribution < -0.4 is 19.2 Å². The summed E-state index contributed by atoms with van der Waals surface area (Å²) >= 11 is 4.68. The minimum Gasteiger partial charge on any atom is -0.346 e. The van der Waals surface area contributed by atoms with E-state index in [4.69, 9.17) is 0 Å². The van der Waals surface area contributed by atoms with Crippen molar-refractivity contribution in [3.63, 3.8) is 0 Å². The summed E-state index contributed by atoms with van der Waals surface area (Å²) in [5.74, 6) is -0.272. The van der Waals surface area contributed by atoms with Gasteiger partial charge < -0.3 is 10.2 Å². The van der Waals surface area contributed by atoms with Crippen LogP contribution in [0.5, 0.6) is 0 Å². The van der Waals surface area contributed by atoms with E-state index < -0.39 is 10.2 Å². The maximum absolute atomic E-state index is 12.6. The summed E-state index contributed by atoms with van der Waals surface area (Å²) in [6.07, 6.45) is 0.955. The first-order chi connectivity index (χ1) is 14.2. The Balaban J connectivity index is 1.48. The van der Waals surface area contributed by atoms with Gasteiger partial charge in [-0.25, -0.2) is 0 Å². The summed E-state index contributed by atoms with van der Waals surface area (Å²) in [5.41, 5.74) is 2.06. The number of anilines is 2. The van der Waals surface area contributed by atoms with Gasteiger partial charge in [-0.15, -0.1) is 11.3 Å². The normalized spacial score (nSPS) is 21.1. The second-order valence-electron chi connectivity index (χ2n) is 7.28. The summed E-state index contributed by atoms with van der Waals surface area (Å²) in [6.45, 7) is 3.07. The standard InChI is InChI=1S/C19H21BrN4O4S2/c1-12-9-14(3-4-15(12)24-8-2-7-21-30(24,27)28)23-11-13(10-18(23)25)22-19(26)16-5-6-17(20)29-16/h3-6,9,13,21H,2,7-8,10-11H2,1H3,(H,22,26). The molecule has 1 unspecified atom stereocenters. The van der Waals surface area contributed by atoms with Gasteiger partial charge in [-0.2, -0.15) is 13.1 Å². The number of carbonyl (C=O) groups is 2. The van der Waals surface area contributed by atoms with Crippen molar-refractivity contribution < 1.29 is 18.0 Å². The van der Waals surface area contributed by atoms with E-state index in [-0.39, 0.29) is 24.3 Å². The van der Waals surface area contributed by atoms with Crippen molar-refractivity contribution in [1.82, 2.24) is 10.0 Å². The Morgan fingerprint density at radius 3 is 2.77 bits per heavy atom. The predicted molar refractivity (Wildman–Crippen MR) is 120 cm³/mol. The molecule has 160 valence electrons. The number of halogens is 1. The molecule has 2 fully saturated rings. The Hall–Kier alpha value is -1.95. The lowest BCUT2D eigenvalue weighted by Gasteiger charge is -2.30. The largest absolute Gasteiger partial charge is 0.346 e. The van der Waals surface area contributed by atoms with E-state index in [1.807, 2.05) is 19.1 Å². The fourth-order valence-corrected chi connectivity index (χ4v) is 6.39. The summed E-state index contributed by atoms with van der Waals surface area (Å²) in [7, 11) is -3.54. The topological polar surface area (TPSA) is 98.8 Å². The van der Waals surface area contributed by atoms with Gasteiger partial charge in [-0.3, -0.25) is 13.9 Å². The second-order valence-corrected chi connectivity index (χ2v) is 11.4. The van der Waals surface area contributed by atoms with Gasteiger partial charge in [0.1, 0.15) is 0 Å². The van der Waals surface area contributed by atoms with Crippen molar-refractivity contribution >= 4 is 60.7 Å². The van der Waals surface area contributed by atoms with Crippen LogP contribution in [0.4, 0.5) is 11.4 Å². The number of thiophene rings is 1. The quantitative estimate of drug-likeness (QED) is 0.656. The fraction of sp³-hybridized carbons (Fsp3) is 0.368. The number of amides is 2. The van der Waals surface area contributed by atoms with Gasteiger partial charge in [-0.05, 0) is 65.2 Å². The van der Waals surface area contributed by atoms with Gasteiger partial charge in [0.25, 0.3) is 5.91 Å². The Kier molecular flexibility index (Phi) is 5.88. The molecular formula is C19H21BrN4O4S2. The Labute approximate surface area is 187 Å². The van der Waals surface area contributed by atoms with E-state index in [2.05, 4.69) is 26.0 Å². The van der Waals surface area contributed by atoms with Crippen LogP contribution in [0, 0.1) is 6.92 Å². The third-order valence-electron chi connectivity index (χ3n) is 5.13. The highest BCUT2D eigenvalue weighted by Gasteiger charge is 2.33. The second kappa shape index (κ2) is 8.29. The maximum Gasteiger partial charge on any atom is 0.301 e. The first kappa shape index (κ1) is 21.3. The number of benzene rings is 1. The van der Waals surface area contributed by atoms with E-state index in [0.717, 1.165) is 15.8 Å². The van der Waals surface area contributed by atoms with Crippen LogP contribution in [0.1, 0.15) is 28.1 Å². The highest BCUT2D eigenvalue weighted by Crippen LogP contribution is 2.30. The number of hydrogen-bond donors (Lipinski definition) is 2. The highest BCUT2D eigenvalue weighted by molar-refractivity contribution is 9.11. The molecule has 2 amide bonds. The van der Waals surface area contributed by atoms with Crippen molar-refractivity contribution in [2.75, 3.05) is 28.8 Å². The average molecular weight is 513 g/mol. The number of carbonyl (C=O) groups excluding carboxylic acids is 2. The Morgan fingerprint density at radius 2 is 2.10 bits per heavy atom. The van der Waals surface area contributed by atoms with Crippen molar-refractivity contribution in [1.29, 1.82) is 0 Å². The number of hydrogen-bond acceptors (Lipinski definition) is 5. The summed E-state index contributed by atoms with van der Waals surface area (Å²) in [4.78, 5) is 27.2. The zero-order valence-corrected chi connectivity index (χ0v) is 19.4. The van der Waals surface area contributed by atoms with E-state index in [1.165, 1.54) is 15.6 Å². The molecule has 0 bridgehead atoms. The smallest absolute Gasteiger partial charge is 0.301 e. The minimum atomic E-state index is -3.54. The zero-order chi connectivity index (χ0) is 21.5. The molecule has 0 saturated carbocycles. The predicted octanol–water partition coefficient (Wildman–Crippen LogP) is 2.40. The molecule has 4 rings (SSSR count). The number of nitrogens with one attached hydrogen (secondary N) is 2. The molecule has 30 heavy (non-hydrogen) atoms. The van der Waals surface area contributed by atoms with Crippen molar-refractivity contribution in [2.24, 2.45) is 0 Å². The molecule has 2 N–H and O–H groups in total. The maximum atomic E-state index is 12.6.